The summed E-state index contributed by atoms with van der Waals surface area (Å²) in [4.78, 5) is 24.5. The lowest BCUT2D eigenvalue weighted by Crippen LogP contribution is -2.16. The summed E-state index contributed by atoms with van der Waals surface area (Å²) in [5.41, 5.74) is -0.387. The molecule has 0 aliphatic carbocycles. The average Bonchev–Trinajstić information content (AvgIpc) is 2.82. The first-order valence-electron chi connectivity index (χ1n) is 9.91. The molecular weight excluding hydrogens is 517 g/mol. The van der Waals surface area contributed by atoms with Crippen molar-refractivity contribution in [3.8, 4) is 16.9 Å². The number of halogens is 4. The van der Waals surface area contributed by atoms with Crippen molar-refractivity contribution >= 4 is 32.9 Å². The van der Waals surface area contributed by atoms with Crippen molar-refractivity contribution in [2.75, 3.05) is 7.11 Å². The van der Waals surface area contributed by atoms with Crippen molar-refractivity contribution in [2.24, 2.45) is 0 Å². The van der Waals surface area contributed by atoms with E-state index in [-0.39, 0.29) is 28.9 Å². The lowest BCUT2D eigenvalue weighted by atomic mass is 10.0. The van der Waals surface area contributed by atoms with Gasteiger partial charge in [-0.2, -0.15) is 13.2 Å². The third kappa shape index (κ3) is 4.84. The number of rotatable bonds is 5. The van der Waals surface area contributed by atoms with Crippen LogP contribution in [0.4, 0.5) is 13.2 Å². The second kappa shape index (κ2) is 9.34. The highest BCUT2D eigenvalue weighted by Gasteiger charge is 2.39. The van der Waals surface area contributed by atoms with Crippen LogP contribution in [0.3, 0.4) is 0 Å². The summed E-state index contributed by atoms with van der Waals surface area (Å²) in [6, 6.07) is 16.5. The first-order chi connectivity index (χ1) is 16.2. The van der Waals surface area contributed by atoms with Gasteiger partial charge in [0.05, 0.1) is 23.6 Å². The Labute approximate surface area is 199 Å². The van der Waals surface area contributed by atoms with Crippen molar-refractivity contribution in [3.05, 3.63) is 98.3 Å². The van der Waals surface area contributed by atoms with E-state index >= 15 is 0 Å². The molecule has 34 heavy (non-hydrogen) atoms. The molecule has 0 unspecified atom stereocenters. The molecule has 0 aliphatic heterocycles. The second-order valence-corrected chi connectivity index (χ2v) is 8.19. The molecule has 0 amide bonds. The predicted molar refractivity (Wildman–Crippen MR) is 123 cm³/mol. The smallest absolute Gasteiger partial charge is 0.450 e. The van der Waals surface area contributed by atoms with Crippen LogP contribution in [-0.4, -0.2) is 13.1 Å². The zero-order chi connectivity index (χ0) is 24.5. The summed E-state index contributed by atoms with van der Waals surface area (Å²) >= 11 is 3.23. The molecule has 174 valence electrons. The van der Waals surface area contributed by atoms with Gasteiger partial charge < -0.3 is 13.9 Å². The van der Waals surface area contributed by atoms with Crippen LogP contribution in [0.15, 0.2) is 80.4 Å². The maximum absolute atomic E-state index is 13.8. The molecule has 4 rings (SSSR count). The molecule has 0 spiro atoms. The molecule has 0 saturated carbocycles. The lowest BCUT2D eigenvalue weighted by Gasteiger charge is -2.13. The fraction of sp³-hybridized carbons (Fsp3) is 0.120. The molecule has 0 bridgehead atoms. The van der Waals surface area contributed by atoms with Gasteiger partial charge >= 0.3 is 12.1 Å². The van der Waals surface area contributed by atoms with Gasteiger partial charge in [-0.1, -0.05) is 40.2 Å². The van der Waals surface area contributed by atoms with Gasteiger partial charge in [-0.05, 0) is 47.5 Å². The zero-order valence-corrected chi connectivity index (χ0v) is 19.2. The van der Waals surface area contributed by atoms with Crippen molar-refractivity contribution < 1.29 is 31.9 Å². The van der Waals surface area contributed by atoms with E-state index in [9.17, 15) is 22.8 Å². The van der Waals surface area contributed by atoms with Gasteiger partial charge in [0, 0.05) is 10.5 Å². The van der Waals surface area contributed by atoms with E-state index in [0.717, 1.165) is 5.56 Å². The quantitative estimate of drug-likeness (QED) is 0.270. The third-order valence-corrected chi connectivity index (χ3v) is 5.56. The Hall–Kier alpha value is -3.59. The molecule has 0 saturated heterocycles. The van der Waals surface area contributed by atoms with E-state index in [4.69, 9.17) is 9.15 Å². The van der Waals surface area contributed by atoms with E-state index in [1.54, 1.807) is 36.4 Å². The first kappa shape index (κ1) is 23.6. The van der Waals surface area contributed by atoms with Crippen LogP contribution in [0, 0.1) is 0 Å². The van der Waals surface area contributed by atoms with Crippen LogP contribution >= 0.6 is 15.9 Å². The van der Waals surface area contributed by atoms with E-state index < -0.39 is 28.9 Å². The van der Waals surface area contributed by atoms with Crippen LogP contribution < -0.4 is 10.2 Å². The minimum Gasteiger partial charge on any atom is -0.489 e. The summed E-state index contributed by atoms with van der Waals surface area (Å²) < 4.78 is 57.6. The van der Waals surface area contributed by atoms with Gasteiger partial charge in [-0.15, -0.1) is 0 Å². The number of benzene rings is 3. The number of fused-ring (bicyclic) bond motifs is 1. The number of methoxy groups -OCH3 is 1. The van der Waals surface area contributed by atoms with Gasteiger partial charge in [0.2, 0.25) is 11.2 Å². The Balaban J connectivity index is 1.68. The Morgan fingerprint density at radius 1 is 1.00 bits per heavy atom. The molecule has 0 fully saturated rings. The monoisotopic (exact) mass is 532 g/mol. The average molecular weight is 533 g/mol. The van der Waals surface area contributed by atoms with Crippen LogP contribution in [0.5, 0.6) is 5.75 Å². The molecule has 0 atom stereocenters. The first-order valence-corrected chi connectivity index (χ1v) is 10.7. The number of esters is 1. The van der Waals surface area contributed by atoms with Gasteiger partial charge in [-0.25, -0.2) is 4.79 Å². The Morgan fingerprint density at radius 2 is 1.68 bits per heavy atom. The summed E-state index contributed by atoms with van der Waals surface area (Å²) in [5, 5.41) is 0.000648. The molecule has 1 heterocycles. The minimum atomic E-state index is -4.88. The fourth-order valence-electron chi connectivity index (χ4n) is 3.36. The van der Waals surface area contributed by atoms with Gasteiger partial charge in [0.15, 0.2) is 0 Å². The summed E-state index contributed by atoms with van der Waals surface area (Å²) in [5.74, 6) is -1.62. The second-order valence-electron chi connectivity index (χ2n) is 7.28. The predicted octanol–water partition coefficient (Wildman–Crippen LogP) is 6.61. The van der Waals surface area contributed by atoms with Crippen molar-refractivity contribution in [1.29, 1.82) is 0 Å². The number of alkyl halides is 3. The molecule has 0 radical (unpaired) electrons. The van der Waals surface area contributed by atoms with Crippen molar-refractivity contribution in [1.82, 2.24) is 0 Å². The molecule has 0 aliphatic rings. The van der Waals surface area contributed by atoms with Crippen LogP contribution in [0.2, 0.25) is 0 Å². The van der Waals surface area contributed by atoms with Crippen molar-refractivity contribution in [2.45, 2.75) is 12.8 Å². The molecule has 5 nitrogen and oxygen atoms in total. The van der Waals surface area contributed by atoms with Crippen molar-refractivity contribution in [3.63, 3.8) is 0 Å². The topological polar surface area (TPSA) is 65.7 Å². The standard InChI is InChI=1S/C25H16BrF3O5/c1-32-24(31)16-4-2-14(3-5-16)13-33-18-10-11-19-20(12-18)34-23(25(27,28)29)21(22(19)30)15-6-8-17(26)9-7-15/h2-12H,13H2,1H3. The molecule has 3 aromatic carbocycles. The fourth-order valence-corrected chi connectivity index (χ4v) is 3.63. The van der Waals surface area contributed by atoms with E-state index in [1.807, 2.05) is 0 Å². The molecule has 9 heteroatoms. The van der Waals surface area contributed by atoms with E-state index in [1.165, 1.54) is 37.4 Å². The summed E-state index contributed by atoms with van der Waals surface area (Å²) in [6.07, 6.45) is -4.88. The zero-order valence-electron chi connectivity index (χ0n) is 17.6. The maximum atomic E-state index is 13.8. The van der Waals surface area contributed by atoms with Crippen LogP contribution in [0.25, 0.3) is 22.1 Å². The van der Waals surface area contributed by atoms with Crippen LogP contribution in [-0.2, 0) is 17.5 Å². The van der Waals surface area contributed by atoms with Gasteiger partial charge in [0.25, 0.3) is 0 Å². The third-order valence-electron chi connectivity index (χ3n) is 5.03. The highest BCUT2D eigenvalue weighted by atomic mass is 79.9. The summed E-state index contributed by atoms with van der Waals surface area (Å²) in [7, 11) is 1.28. The molecule has 0 N–H and O–H groups in total. The number of carbonyl (C=O) groups excluding carboxylic acids is 1. The number of hydrogen-bond acceptors (Lipinski definition) is 5. The largest absolute Gasteiger partial charge is 0.489 e. The van der Waals surface area contributed by atoms with E-state index in [0.29, 0.717) is 10.0 Å². The highest BCUT2D eigenvalue weighted by Crippen LogP contribution is 2.38. The number of hydrogen-bond donors (Lipinski definition) is 0. The van der Waals surface area contributed by atoms with Gasteiger partial charge in [-0.3, -0.25) is 4.79 Å². The number of carbonyl (C=O) groups is 1. The molecule has 4 aromatic rings. The lowest BCUT2D eigenvalue weighted by molar-refractivity contribution is -0.152. The van der Waals surface area contributed by atoms with E-state index in [2.05, 4.69) is 20.7 Å². The maximum Gasteiger partial charge on any atom is 0.450 e. The van der Waals surface area contributed by atoms with Gasteiger partial charge in [0.1, 0.15) is 17.9 Å². The SMILES string of the molecule is COC(=O)c1ccc(COc2ccc3c(=O)c(-c4ccc(Br)cc4)c(C(F)(F)F)oc3c2)cc1. The molecular formula is C25H16BrF3O5. The Bertz CT molecular complexity index is 1410. The summed E-state index contributed by atoms with van der Waals surface area (Å²) in [6.45, 7) is 0.0836. The van der Waals surface area contributed by atoms with Crippen LogP contribution in [0.1, 0.15) is 21.7 Å². The normalized spacial score (nSPS) is 11.4. The Morgan fingerprint density at radius 3 is 2.29 bits per heavy atom. The number of ether oxygens (including phenoxy) is 2. The Kier molecular flexibility index (Phi) is 6.47. The molecule has 1 aromatic heterocycles. The minimum absolute atomic E-state index is 0.000648. The highest BCUT2D eigenvalue weighted by molar-refractivity contribution is 9.10.